The summed E-state index contributed by atoms with van der Waals surface area (Å²) in [7, 11) is 0. The van der Waals surface area contributed by atoms with Gasteiger partial charge in [0, 0.05) is 19.8 Å². The van der Waals surface area contributed by atoms with Crippen LogP contribution in [0.2, 0.25) is 0 Å². The van der Waals surface area contributed by atoms with E-state index in [2.05, 4.69) is 0 Å². The quantitative estimate of drug-likeness (QED) is 0.386. The fourth-order valence-electron chi connectivity index (χ4n) is 0. The summed E-state index contributed by atoms with van der Waals surface area (Å²) in [5.41, 5.74) is 0. The van der Waals surface area contributed by atoms with Crippen LogP contribution in [0.5, 0.6) is 0 Å². The first kappa shape index (κ1) is 1090. The van der Waals surface area contributed by atoms with Crippen LogP contribution in [0.1, 0.15) is 0 Å². The summed E-state index contributed by atoms with van der Waals surface area (Å²) < 4.78 is 0. The Labute approximate surface area is 69.5 Å². The van der Waals surface area contributed by atoms with Gasteiger partial charge in [-0.25, -0.2) is 0 Å². The minimum Gasteiger partial charge on any atom is -0.344 e. The minimum atomic E-state index is 0. The topological polar surface area (TPSA) is 210 Å². The molecule has 64 valence electrons. The molecule has 0 bridgehead atoms. The first-order valence-corrected chi connectivity index (χ1v) is 0. The van der Waals surface area contributed by atoms with Crippen LogP contribution in [0.4, 0.5) is 0 Å². The smallest absolute Gasteiger partial charge is 0 e. The van der Waals surface area contributed by atoms with Gasteiger partial charge in [0.25, 0.3) is 0 Å². The molecule has 0 aromatic carbocycles. The van der Waals surface area contributed by atoms with Crippen LogP contribution in [0.3, 0.4) is 0 Å². The Hall–Kier alpha value is 0.686. The van der Waals surface area contributed by atoms with E-state index in [9.17, 15) is 0 Å². The van der Waals surface area contributed by atoms with E-state index in [0.29, 0.717) is 0 Å². The van der Waals surface area contributed by atoms with Crippen molar-refractivity contribution in [1.29, 1.82) is 0 Å². The van der Waals surface area contributed by atoms with Gasteiger partial charge in [0.2, 0.25) is 0 Å². The summed E-state index contributed by atoms with van der Waals surface area (Å²) in [6.07, 6.45) is 0. The Balaban J connectivity index is 0. The second-order valence-electron chi connectivity index (χ2n) is 0. The van der Waals surface area contributed by atoms with Gasteiger partial charge in [-0.15, -0.1) is 12.4 Å². The van der Waals surface area contributed by atoms with Gasteiger partial charge in [-0.1, -0.05) is 0 Å². The average molecular weight is 329 g/mol. The molecule has 8 heavy (non-hydrogen) atoms. The van der Waals surface area contributed by atoms with E-state index < -0.39 is 0 Å². The maximum absolute atomic E-state index is 0. The summed E-state index contributed by atoms with van der Waals surface area (Å²) in [5, 5.41) is 0. The maximum Gasteiger partial charge on any atom is 0 e. The van der Waals surface area contributed by atoms with E-state index in [-0.39, 0.29) is 69.1 Å². The molecule has 8 heteroatoms. The minimum absolute atomic E-state index is 0. The Morgan fingerprint density at radius 2 is 0.375 bits per heavy atom. The standard InChI is InChI=1S/ClH.6H3N.Os/h1H;6*1H3;. The zero-order valence-corrected chi connectivity index (χ0v) is 8.36. The van der Waals surface area contributed by atoms with Gasteiger partial charge in [0.1, 0.15) is 0 Å². The van der Waals surface area contributed by atoms with Crippen LogP contribution in [0, 0.1) is 0 Å². The van der Waals surface area contributed by atoms with Crippen molar-refractivity contribution in [3.8, 4) is 0 Å². The molecular weight excluding hydrogens is 310 g/mol. The molecule has 0 aromatic rings. The molecule has 6 nitrogen and oxygen atoms in total. The van der Waals surface area contributed by atoms with E-state index in [1.54, 1.807) is 0 Å². The molecule has 0 unspecified atom stereocenters. The van der Waals surface area contributed by atoms with E-state index in [0.717, 1.165) is 0 Å². The largest absolute Gasteiger partial charge is 0.344 e. The van der Waals surface area contributed by atoms with Gasteiger partial charge in [0.05, 0.1) is 0 Å². The van der Waals surface area contributed by atoms with Crippen LogP contribution in [-0.4, -0.2) is 0 Å². The summed E-state index contributed by atoms with van der Waals surface area (Å²) >= 11 is 0. The monoisotopic (exact) mass is 330 g/mol. The normalized spacial score (nSPS) is 0. The number of hydrogen-bond donors (Lipinski definition) is 6. The van der Waals surface area contributed by atoms with E-state index in [1.807, 2.05) is 0 Å². The van der Waals surface area contributed by atoms with Gasteiger partial charge >= 0.3 is 0 Å². The number of halogens is 1. The number of hydrogen-bond acceptors (Lipinski definition) is 6. The zero-order chi connectivity index (χ0) is 0. The third kappa shape index (κ3) is 459. The van der Waals surface area contributed by atoms with Crippen LogP contribution < -0.4 is 36.9 Å². The summed E-state index contributed by atoms with van der Waals surface area (Å²) in [6.45, 7) is 0. The van der Waals surface area contributed by atoms with E-state index >= 15 is 0 Å². The third-order valence-electron chi connectivity index (χ3n) is 0. The van der Waals surface area contributed by atoms with Crippen LogP contribution in [0.15, 0.2) is 0 Å². The van der Waals surface area contributed by atoms with Crippen LogP contribution in [0.25, 0.3) is 0 Å². The molecule has 0 fully saturated rings. The SMILES string of the molecule is Cl.N.N.N.N.N.N.[Os]. The molecule has 0 rings (SSSR count). The van der Waals surface area contributed by atoms with Crippen molar-refractivity contribution in [2.45, 2.75) is 0 Å². The molecule has 0 radical (unpaired) electrons. The Morgan fingerprint density at radius 1 is 0.375 bits per heavy atom. The molecule has 0 saturated carbocycles. The van der Waals surface area contributed by atoms with E-state index in [1.165, 1.54) is 0 Å². The summed E-state index contributed by atoms with van der Waals surface area (Å²) in [4.78, 5) is 0. The van der Waals surface area contributed by atoms with Crippen molar-refractivity contribution in [3.63, 3.8) is 0 Å². The molecule has 0 aromatic heterocycles. The molecule has 0 aliphatic carbocycles. The molecule has 0 saturated heterocycles. The predicted octanol–water partition coefficient (Wildman–Crippen LogP) is 1.39. The molecule has 0 amide bonds. The van der Waals surface area contributed by atoms with Gasteiger partial charge in [-0.2, -0.15) is 0 Å². The van der Waals surface area contributed by atoms with Gasteiger partial charge in [-0.05, 0) is 0 Å². The molecule has 18 N–H and O–H groups in total. The average Bonchev–Trinajstić information content (AvgIpc) is 0. The number of rotatable bonds is 0. The van der Waals surface area contributed by atoms with Gasteiger partial charge < -0.3 is 36.9 Å². The molecule has 0 atom stereocenters. The third-order valence-corrected chi connectivity index (χ3v) is 0. The fourth-order valence-corrected chi connectivity index (χ4v) is 0. The van der Waals surface area contributed by atoms with Crippen LogP contribution in [-0.2, 0) is 19.8 Å². The first-order valence-electron chi connectivity index (χ1n) is 0. The Morgan fingerprint density at radius 3 is 0.375 bits per heavy atom. The summed E-state index contributed by atoms with van der Waals surface area (Å²) in [5.74, 6) is 0. The first-order chi connectivity index (χ1) is 0. The van der Waals surface area contributed by atoms with Crippen LogP contribution >= 0.6 is 12.4 Å². The Kier molecular flexibility index (Phi) is 99300. The molecule has 0 aliphatic heterocycles. The second kappa shape index (κ2) is 729. The Bertz CT molecular complexity index is 8.49. The van der Waals surface area contributed by atoms with Crippen molar-refractivity contribution in [2.75, 3.05) is 0 Å². The summed E-state index contributed by atoms with van der Waals surface area (Å²) in [6, 6.07) is 0. The predicted molar refractivity (Wildman–Crippen MR) is 37.4 cm³/mol. The van der Waals surface area contributed by atoms with Crippen molar-refractivity contribution in [3.05, 3.63) is 0 Å². The molecule has 0 aliphatic rings. The van der Waals surface area contributed by atoms with Gasteiger partial charge in [0.15, 0.2) is 0 Å². The zero-order valence-electron chi connectivity index (χ0n) is 5.00. The maximum atomic E-state index is 0. The van der Waals surface area contributed by atoms with Crippen molar-refractivity contribution in [1.82, 2.24) is 36.9 Å². The van der Waals surface area contributed by atoms with Gasteiger partial charge in [-0.3, -0.25) is 0 Å². The molecular formula is H19ClN6Os. The van der Waals surface area contributed by atoms with Crippen molar-refractivity contribution >= 4 is 12.4 Å². The van der Waals surface area contributed by atoms with E-state index in [4.69, 9.17) is 0 Å². The van der Waals surface area contributed by atoms with Crippen molar-refractivity contribution < 1.29 is 19.8 Å². The second-order valence-corrected chi connectivity index (χ2v) is 0. The van der Waals surface area contributed by atoms with Crippen molar-refractivity contribution in [2.24, 2.45) is 0 Å². The molecule has 0 spiro atoms. The fraction of sp³-hybridized carbons (Fsp3) is 0. The molecule has 0 heterocycles.